The average Bonchev–Trinajstić information content (AvgIpc) is 3.16. The number of benzene rings is 1. The summed E-state index contributed by atoms with van der Waals surface area (Å²) in [5.74, 6) is 0.292. The van der Waals surface area contributed by atoms with Crippen LogP contribution in [0.15, 0.2) is 30.6 Å². The normalized spacial score (nSPS) is 17.5. The molecule has 2 aromatic rings. The van der Waals surface area contributed by atoms with Gasteiger partial charge in [-0.1, -0.05) is 18.2 Å². The largest absolute Gasteiger partial charge is 0.324 e. The Morgan fingerprint density at radius 2 is 2.32 bits per heavy atom. The van der Waals surface area contributed by atoms with E-state index in [2.05, 4.69) is 10.1 Å². The van der Waals surface area contributed by atoms with Gasteiger partial charge in [0, 0.05) is 17.9 Å². The Morgan fingerprint density at radius 1 is 1.50 bits per heavy atom. The second-order valence-corrected chi connectivity index (χ2v) is 5.90. The van der Waals surface area contributed by atoms with Crippen molar-refractivity contribution in [2.75, 3.05) is 12.3 Å². The third-order valence-corrected chi connectivity index (χ3v) is 4.56. The lowest BCUT2D eigenvalue weighted by Gasteiger charge is -2.24. The van der Waals surface area contributed by atoms with E-state index in [1.165, 1.54) is 28.8 Å². The molecule has 0 spiro atoms. The first-order chi connectivity index (χ1) is 10.7. The molecule has 1 aromatic heterocycles. The number of amides is 1. The van der Waals surface area contributed by atoms with E-state index < -0.39 is 0 Å². The van der Waals surface area contributed by atoms with E-state index in [0.29, 0.717) is 12.1 Å². The Labute approximate surface area is 130 Å². The van der Waals surface area contributed by atoms with Gasteiger partial charge in [0.25, 0.3) is 5.82 Å². The Bertz CT molecular complexity index is 741. The predicted octanol–water partition coefficient (Wildman–Crippen LogP) is 1.56. The van der Waals surface area contributed by atoms with E-state index in [-0.39, 0.29) is 29.5 Å². The quantitative estimate of drug-likeness (QED) is 0.859. The Balaban J connectivity index is 1.77. The van der Waals surface area contributed by atoms with Gasteiger partial charge in [-0.25, -0.2) is 14.1 Å². The molecular formula is C14H12FN5OS. The molecule has 0 N–H and O–H groups in total. The van der Waals surface area contributed by atoms with Crippen LogP contribution in [0.5, 0.6) is 0 Å². The van der Waals surface area contributed by atoms with Crippen LogP contribution < -0.4 is 0 Å². The van der Waals surface area contributed by atoms with Crippen LogP contribution in [-0.2, 0) is 11.3 Å². The first-order valence-electron chi connectivity index (χ1n) is 6.64. The summed E-state index contributed by atoms with van der Waals surface area (Å²) in [6.07, 6.45) is 1.35. The van der Waals surface area contributed by atoms with Crippen molar-refractivity contribution in [3.63, 3.8) is 0 Å². The number of nitriles is 1. The molecule has 1 fully saturated rings. The van der Waals surface area contributed by atoms with Gasteiger partial charge in [0.15, 0.2) is 0 Å². The van der Waals surface area contributed by atoms with E-state index in [9.17, 15) is 9.18 Å². The number of halogens is 1. The van der Waals surface area contributed by atoms with E-state index in [4.69, 9.17) is 5.26 Å². The molecule has 22 heavy (non-hydrogen) atoms. The Morgan fingerprint density at radius 3 is 3.05 bits per heavy atom. The van der Waals surface area contributed by atoms with E-state index in [0.717, 1.165) is 5.75 Å². The number of aromatic nitrogens is 3. The fraction of sp³-hybridized carbons (Fsp3) is 0.286. The van der Waals surface area contributed by atoms with E-state index in [1.54, 1.807) is 23.1 Å². The number of nitrogens with zero attached hydrogens (tertiary/aromatic N) is 5. The van der Waals surface area contributed by atoms with Gasteiger partial charge in [-0.15, -0.1) is 16.9 Å². The van der Waals surface area contributed by atoms with Gasteiger partial charge in [0.1, 0.15) is 30.1 Å². The topological polar surface area (TPSA) is 74.8 Å². The first kappa shape index (κ1) is 14.5. The van der Waals surface area contributed by atoms with Gasteiger partial charge in [-0.3, -0.25) is 4.79 Å². The van der Waals surface area contributed by atoms with Gasteiger partial charge in [0.05, 0.1) is 0 Å². The van der Waals surface area contributed by atoms with Crippen LogP contribution in [0, 0.1) is 17.1 Å². The molecule has 0 aliphatic carbocycles. The second-order valence-electron chi connectivity index (χ2n) is 4.71. The molecule has 2 heterocycles. The lowest BCUT2D eigenvalue weighted by Crippen LogP contribution is -2.33. The number of hydrogen-bond donors (Lipinski definition) is 0. The molecule has 3 rings (SSSR count). The molecule has 0 saturated carbocycles. The van der Waals surface area contributed by atoms with Crippen molar-refractivity contribution in [1.82, 2.24) is 19.7 Å². The van der Waals surface area contributed by atoms with Crippen molar-refractivity contribution in [2.45, 2.75) is 11.9 Å². The van der Waals surface area contributed by atoms with Crippen LogP contribution in [0.25, 0.3) is 0 Å². The van der Waals surface area contributed by atoms with Crippen molar-refractivity contribution >= 4 is 17.7 Å². The van der Waals surface area contributed by atoms with Gasteiger partial charge in [0.2, 0.25) is 5.91 Å². The molecule has 112 valence electrons. The van der Waals surface area contributed by atoms with E-state index >= 15 is 0 Å². The second kappa shape index (κ2) is 6.15. The highest BCUT2D eigenvalue weighted by Crippen LogP contribution is 2.38. The standard InChI is InChI=1S/C14H12FN5OS/c15-11-4-2-1-3-10(11)14-20(5-6-22-14)13(21)8-19-9-17-12(7-16)18-19/h1-4,9,14H,5-6,8H2/t14-/m1/s1. The molecule has 1 atom stereocenters. The van der Waals surface area contributed by atoms with Crippen LogP contribution in [0.3, 0.4) is 0 Å². The van der Waals surface area contributed by atoms with Crippen LogP contribution in [0.1, 0.15) is 16.8 Å². The SMILES string of the molecule is N#Cc1ncn(CC(=O)N2CCS[C@@H]2c2ccccc2F)n1. The summed E-state index contributed by atoms with van der Waals surface area (Å²) in [4.78, 5) is 17.8. The minimum absolute atomic E-state index is 0.0137. The van der Waals surface area contributed by atoms with Crippen molar-refractivity contribution in [1.29, 1.82) is 5.26 Å². The number of carbonyl (C=O) groups excluding carboxylic acids is 1. The third-order valence-electron chi connectivity index (χ3n) is 3.32. The summed E-state index contributed by atoms with van der Waals surface area (Å²) in [6.45, 7) is 0.544. The summed E-state index contributed by atoms with van der Waals surface area (Å²) in [6, 6.07) is 8.29. The third kappa shape index (κ3) is 2.80. The van der Waals surface area contributed by atoms with Crippen molar-refractivity contribution < 1.29 is 9.18 Å². The fourth-order valence-electron chi connectivity index (χ4n) is 2.31. The molecule has 1 aliphatic rings. The summed E-state index contributed by atoms with van der Waals surface area (Å²) >= 11 is 1.53. The monoisotopic (exact) mass is 317 g/mol. The van der Waals surface area contributed by atoms with Crippen molar-refractivity contribution in [3.8, 4) is 6.07 Å². The van der Waals surface area contributed by atoms with E-state index in [1.807, 2.05) is 6.07 Å². The molecule has 0 bridgehead atoms. The van der Waals surface area contributed by atoms with Crippen LogP contribution in [-0.4, -0.2) is 37.9 Å². The van der Waals surface area contributed by atoms with Crippen LogP contribution in [0.2, 0.25) is 0 Å². The van der Waals surface area contributed by atoms with Gasteiger partial charge in [-0.05, 0) is 6.07 Å². The number of rotatable bonds is 3. The molecule has 1 aliphatic heterocycles. The minimum Gasteiger partial charge on any atom is -0.324 e. The summed E-state index contributed by atoms with van der Waals surface area (Å²) in [7, 11) is 0. The molecule has 0 radical (unpaired) electrons. The number of thioether (sulfide) groups is 1. The molecule has 1 saturated heterocycles. The maximum Gasteiger partial charge on any atom is 0.252 e. The molecular weight excluding hydrogens is 305 g/mol. The molecule has 1 amide bonds. The predicted molar refractivity (Wildman–Crippen MR) is 78.0 cm³/mol. The Kier molecular flexibility index (Phi) is 4.06. The molecule has 1 aromatic carbocycles. The number of carbonyl (C=O) groups is 1. The lowest BCUT2D eigenvalue weighted by atomic mass is 10.2. The zero-order valence-electron chi connectivity index (χ0n) is 11.5. The zero-order valence-corrected chi connectivity index (χ0v) is 12.3. The summed E-state index contributed by atoms with van der Waals surface area (Å²) < 4.78 is 15.3. The fourth-order valence-corrected chi connectivity index (χ4v) is 3.61. The van der Waals surface area contributed by atoms with Crippen LogP contribution >= 0.6 is 11.8 Å². The summed E-state index contributed by atoms with van der Waals surface area (Å²) in [5.41, 5.74) is 0.509. The first-order valence-corrected chi connectivity index (χ1v) is 7.69. The van der Waals surface area contributed by atoms with Crippen molar-refractivity contribution in [3.05, 3.63) is 47.8 Å². The molecule has 6 nitrogen and oxygen atoms in total. The smallest absolute Gasteiger partial charge is 0.252 e. The van der Waals surface area contributed by atoms with Gasteiger partial charge < -0.3 is 4.90 Å². The van der Waals surface area contributed by atoms with Gasteiger partial charge >= 0.3 is 0 Å². The minimum atomic E-state index is -0.326. The van der Waals surface area contributed by atoms with Gasteiger partial charge in [-0.2, -0.15) is 5.26 Å². The maximum atomic E-state index is 13.9. The zero-order chi connectivity index (χ0) is 15.5. The highest BCUT2D eigenvalue weighted by Gasteiger charge is 2.32. The highest BCUT2D eigenvalue weighted by molar-refractivity contribution is 7.99. The summed E-state index contributed by atoms with van der Waals surface area (Å²) in [5, 5.41) is 12.2. The molecule has 8 heteroatoms. The number of hydrogen-bond acceptors (Lipinski definition) is 5. The highest BCUT2D eigenvalue weighted by atomic mass is 32.2. The van der Waals surface area contributed by atoms with Crippen LogP contribution in [0.4, 0.5) is 4.39 Å². The maximum absolute atomic E-state index is 13.9. The lowest BCUT2D eigenvalue weighted by molar-refractivity contribution is -0.132. The Hall–Kier alpha value is -2.40. The average molecular weight is 317 g/mol. The molecule has 0 unspecified atom stereocenters. The van der Waals surface area contributed by atoms with Crippen molar-refractivity contribution in [2.24, 2.45) is 0 Å².